The maximum atomic E-state index is 13.6. The molecule has 2 aliphatic rings. The molecule has 7 nitrogen and oxygen atoms in total. The molecule has 2 fully saturated rings. The molecule has 2 aliphatic carbocycles. The summed E-state index contributed by atoms with van der Waals surface area (Å²) in [5.74, 6) is -0.0261. The third kappa shape index (κ3) is 8.41. The molecule has 2 saturated carbocycles. The second-order valence-corrected chi connectivity index (χ2v) is 14.6. The van der Waals surface area contributed by atoms with Crippen LogP contribution >= 0.6 is 22.7 Å². The third-order valence-electron chi connectivity index (χ3n) is 8.46. The van der Waals surface area contributed by atoms with E-state index in [2.05, 4.69) is 17.3 Å². The summed E-state index contributed by atoms with van der Waals surface area (Å²) in [5, 5.41) is 18.6. The number of esters is 2. The number of nitrogens with one attached hydrogen (secondary N) is 1. The van der Waals surface area contributed by atoms with E-state index in [1.54, 1.807) is 0 Å². The fraction of sp³-hybridized carbons (Fsp3) is 0.688. The molecule has 9 heteroatoms. The number of hydrogen-bond acceptors (Lipinski definition) is 9. The predicted octanol–water partition coefficient (Wildman–Crippen LogP) is 5.96. The van der Waals surface area contributed by atoms with Crippen LogP contribution in [0, 0.1) is 11.8 Å². The van der Waals surface area contributed by atoms with E-state index < -0.39 is 17.2 Å². The third-order valence-corrected chi connectivity index (χ3v) is 10.4. The molecule has 2 bridgehead atoms. The van der Waals surface area contributed by atoms with Crippen LogP contribution in [-0.2, 0) is 24.7 Å². The van der Waals surface area contributed by atoms with Crippen molar-refractivity contribution in [2.45, 2.75) is 102 Å². The van der Waals surface area contributed by atoms with Crippen molar-refractivity contribution in [2.75, 3.05) is 26.7 Å². The summed E-state index contributed by atoms with van der Waals surface area (Å²) in [6, 6.07) is 7.79. The Bertz CT molecular complexity index is 1050. The van der Waals surface area contributed by atoms with Crippen LogP contribution in [0.3, 0.4) is 0 Å². The molecule has 0 spiro atoms. The first-order chi connectivity index (χ1) is 19.6. The molecule has 0 amide bonds. The summed E-state index contributed by atoms with van der Waals surface area (Å²) in [6.07, 6.45) is 10.2. The van der Waals surface area contributed by atoms with Gasteiger partial charge in [0.15, 0.2) is 0 Å². The molecule has 0 aromatic carbocycles. The van der Waals surface area contributed by atoms with Gasteiger partial charge in [-0.05, 0) is 102 Å². The lowest BCUT2D eigenvalue weighted by atomic mass is 9.94. The maximum absolute atomic E-state index is 13.6. The van der Waals surface area contributed by atoms with E-state index in [0.717, 1.165) is 38.8 Å². The minimum Gasteiger partial charge on any atom is -0.459 e. The molecule has 2 N–H and O–H groups in total. The minimum absolute atomic E-state index is 0.120. The van der Waals surface area contributed by atoms with E-state index in [1.807, 2.05) is 55.8 Å². The van der Waals surface area contributed by atoms with Gasteiger partial charge in [-0.1, -0.05) is 37.8 Å². The summed E-state index contributed by atoms with van der Waals surface area (Å²) in [4.78, 5) is 29.0. The monoisotopic (exact) mass is 604 g/mol. The van der Waals surface area contributed by atoms with Crippen molar-refractivity contribution in [3.63, 3.8) is 0 Å². The van der Waals surface area contributed by atoms with Crippen molar-refractivity contribution in [1.29, 1.82) is 0 Å². The zero-order chi connectivity index (χ0) is 29.5. The smallest absolute Gasteiger partial charge is 0.349 e. The van der Waals surface area contributed by atoms with Crippen molar-refractivity contribution in [3.8, 4) is 0 Å². The van der Waals surface area contributed by atoms with Crippen LogP contribution in [0.5, 0.6) is 0 Å². The summed E-state index contributed by atoms with van der Waals surface area (Å²) < 4.78 is 11.5. The van der Waals surface area contributed by atoms with E-state index in [0.29, 0.717) is 27.6 Å². The maximum Gasteiger partial charge on any atom is 0.349 e. The van der Waals surface area contributed by atoms with E-state index in [1.165, 1.54) is 54.8 Å². The number of carbonyl (C=O) groups excluding carboxylic acids is 2. The number of carbonyl (C=O) groups is 2. The number of unbranched alkanes of at least 4 members (excludes halogenated alkanes) is 5. The van der Waals surface area contributed by atoms with Crippen molar-refractivity contribution >= 4 is 34.6 Å². The van der Waals surface area contributed by atoms with Crippen LogP contribution in [0.15, 0.2) is 35.0 Å². The van der Waals surface area contributed by atoms with E-state index in [9.17, 15) is 14.7 Å². The number of thiophene rings is 2. The van der Waals surface area contributed by atoms with E-state index >= 15 is 0 Å². The molecule has 41 heavy (non-hydrogen) atoms. The Balaban J connectivity index is 1.14. The first-order valence-corrected chi connectivity index (χ1v) is 17.0. The molecule has 2 aromatic rings. The largest absolute Gasteiger partial charge is 0.459 e. The van der Waals surface area contributed by atoms with Crippen LogP contribution < -0.4 is 5.32 Å². The topological polar surface area (TPSA) is 88.1 Å². The average molecular weight is 605 g/mol. The van der Waals surface area contributed by atoms with Crippen LogP contribution in [-0.4, -0.2) is 66.4 Å². The Labute approximate surface area is 253 Å². The van der Waals surface area contributed by atoms with Gasteiger partial charge in [0.25, 0.3) is 0 Å². The second kappa shape index (κ2) is 14.6. The quantitative estimate of drug-likeness (QED) is 0.181. The highest BCUT2D eigenvalue weighted by Crippen LogP contribution is 2.49. The molecule has 0 radical (unpaired) electrons. The molecule has 2 heterocycles. The predicted molar refractivity (Wildman–Crippen MR) is 165 cm³/mol. The van der Waals surface area contributed by atoms with E-state index in [4.69, 9.17) is 9.47 Å². The molecule has 4 atom stereocenters. The fourth-order valence-electron chi connectivity index (χ4n) is 6.48. The standard InChI is InChI=1S/C32H48N2O5S2/c1-31(2,3)39-28(35)22-33-17-9-7-5-6-8-10-18-34(4)25-21-23-15-16-24(25)29(23)38-30(36)32(37,26-13-11-19-40-26)27-14-12-20-41-27/h11-14,19-20,23-25,29,33,37H,5-10,15-18,21-22H2,1-4H3. The Morgan fingerprint density at radius 1 is 1.00 bits per heavy atom. The highest BCUT2D eigenvalue weighted by molar-refractivity contribution is 7.12. The van der Waals surface area contributed by atoms with Gasteiger partial charge in [0, 0.05) is 12.0 Å². The molecular formula is C32H48N2O5S2. The van der Waals surface area contributed by atoms with Gasteiger partial charge in [0.2, 0.25) is 5.60 Å². The van der Waals surface area contributed by atoms with Gasteiger partial charge < -0.3 is 24.8 Å². The SMILES string of the molecule is CN(CCCCCCCCNCC(=O)OC(C)(C)C)C1CC2CCC1C2OC(=O)C(O)(c1cccs1)c1cccs1. The molecule has 0 aliphatic heterocycles. The first kappa shape index (κ1) is 32.1. The van der Waals surface area contributed by atoms with Crippen LogP contribution in [0.2, 0.25) is 0 Å². The molecular weight excluding hydrogens is 556 g/mol. The Morgan fingerprint density at radius 2 is 1.63 bits per heavy atom. The first-order valence-electron chi connectivity index (χ1n) is 15.2. The van der Waals surface area contributed by atoms with Gasteiger partial charge in [-0.3, -0.25) is 4.79 Å². The summed E-state index contributed by atoms with van der Waals surface area (Å²) in [5.41, 5.74) is -2.17. The number of ether oxygens (including phenoxy) is 2. The Hall–Kier alpha value is -1.78. The summed E-state index contributed by atoms with van der Waals surface area (Å²) >= 11 is 2.77. The summed E-state index contributed by atoms with van der Waals surface area (Å²) in [7, 11) is 2.22. The molecule has 4 unspecified atom stereocenters. The highest BCUT2D eigenvalue weighted by Gasteiger charge is 2.54. The molecule has 4 rings (SSSR count). The molecule has 228 valence electrons. The van der Waals surface area contributed by atoms with Crippen molar-refractivity contribution in [3.05, 3.63) is 44.8 Å². The lowest BCUT2D eigenvalue weighted by Gasteiger charge is -2.32. The Morgan fingerprint density at radius 3 is 2.24 bits per heavy atom. The summed E-state index contributed by atoms with van der Waals surface area (Å²) in [6.45, 7) is 7.83. The Kier molecular flexibility index (Phi) is 11.4. The molecule has 0 saturated heterocycles. The van der Waals surface area contributed by atoms with Crippen molar-refractivity contribution < 1.29 is 24.2 Å². The molecule has 2 aromatic heterocycles. The lowest BCUT2D eigenvalue weighted by molar-refractivity contribution is -0.170. The van der Waals surface area contributed by atoms with Gasteiger partial charge in [0.1, 0.15) is 11.7 Å². The van der Waals surface area contributed by atoms with Crippen molar-refractivity contribution in [1.82, 2.24) is 10.2 Å². The van der Waals surface area contributed by atoms with Gasteiger partial charge in [-0.25, -0.2) is 4.79 Å². The second-order valence-electron chi connectivity index (χ2n) is 12.7. The van der Waals surface area contributed by atoms with Gasteiger partial charge in [-0.2, -0.15) is 0 Å². The normalized spacial score (nSPS) is 22.4. The number of fused-ring (bicyclic) bond motifs is 2. The number of rotatable bonds is 16. The zero-order valence-corrected chi connectivity index (χ0v) is 26.7. The number of nitrogens with zero attached hydrogens (tertiary/aromatic N) is 1. The van der Waals surface area contributed by atoms with Crippen LogP contribution in [0.4, 0.5) is 0 Å². The van der Waals surface area contributed by atoms with Gasteiger partial charge in [-0.15, -0.1) is 22.7 Å². The van der Waals surface area contributed by atoms with Crippen LogP contribution in [0.25, 0.3) is 0 Å². The highest BCUT2D eigenvalue weighted by atomic mass is 32.1. The lowest BCUT2D eigenvalue weighted by Crippen LogP contribution is -2.42. The van der Waals surface area contributed by atoms with Gasteiger partial charge >= 0.3 is 11.9 Å². The van der Waals surface area contributed by atoms with E-state index in [-0.39, 0.29) is 18.6 Å². The number of hydrogen-bond donors (Lipinski definition) is 2. The fourth-order valence-corrected chi connectivity index (χ4v) is 8.19. The zero-order valence-electron chi connectivity index (χ0n) is 25.1. The average Bonchev–Trinajstić information content (AvgIpc) is 3.74. The number of aliphatic hydroxyl groups is 1. The van der Waals surface area contributed by atoms with Crippen molar-refractivity contribution in [2.24, 2.45) is 11.8 Å². The van der Waals surface area contributed by atoms with Gasteiger partial charge in [0.05, 0.1) is 16.3 Å². The minimum atomic E-state index is -1.74. The van der Waals surface area contributed by atoms with Crippen LogP contribution in [0.1, 0.15) is 88.3 Å².